The van der Waals surface area contributed by atoms with Crippen LogP contribution in [0.1, 0.15) is 6.92 Å². The topological polar surface area (TPSA) is 92.4 Å². The Bertz CT molecular complexity index is 135. The van der Waals surface area contributed by atoms with E-state index in [1.807, 2.05) is 5.32 Å². The molecule has 0 radical (unpaired) electrons. The smallest absolute Gasteiger partial charge is 0.245 e. The Balaban J connectivity index is 3.81. The van der Waals surface area contributed by atoms with E-state index >= 15 is 0 Å². The summed E-state index contributed by atoms with van der Waals surface area (Å²) in [5, 5.41) is 10.5. The fourth-order valence-corrected chi connectivity index (χ4v) is 0.373. The maximum absolute atomic E-state index is 10.6. The number of amides is 2. The van der Waals surface area contributed by atoms with Crippen molar-refractivity contribution in [3.63, 3.8) is 0 Å². The van der Waals surface area contributed by atoms with Gasteiger partial charge >= 0.3 is 0 Å². The molecule has 10 heavy (non-hydrogen) atoms. The quantitative estimate of drug-likeness (QED) is 0.400. The zero-order chi connectivity index (χ0) is 8.15. The normalized spacial score (nSPS) is 15.5. The molecule has 0 aromatic carbocycles. The van der Waals surface area contributed by atoms with Crippen LogP contribution in [-0.4, -0.2) is 29.6 Å². The summed E-state index contributed by atoms with van der Waals surface area (Å²) < 4.78 is 0. The second kappa shape index (κ2) is 3.97. The van der Waals surface area contributed by atoms with Crippen LogP contribution in [0, 0.1) is 0 Å². The maximum Gasteiger partial charge on any atom is 0.245 e. The van der Waals surface area contributed by atoms with E-state index in [4.69, 9.17) is 10.8 Å². The van der Waals surface area contributed by atoms with E-state index in [1.165, 1.54) is 6.92 Å². The van der Waals surface area contributed by atoms with Gasteiger partial charge < -0.3 is 10.8 Å². The van der Waals surface area contributed by atoms with Crippen LogP contribution in [0.3, 0.4) is 0 Å². The minimum absolute atomic E-state index is 0.227. The number of imide groups is 1. The fourth-order valence-electron chi connectivity index (χ4n) is 0.373. The SMILES string of the molecule is C[C@@H](O)[C@H](N)C(=O)NC=O. The van der Waals surface area contributed by atoms with Crippen LogP contribution in [0.4, 0.5) is 0 Å². The second-order valence-corrected chi connectivity index (χ2v) is 1.89. The Hall–Kier alpha value is -0.940. The number of carbonyl (C=O) groups is 2. The Kier molecular flexibility index (Phi) is 3.60. The predicted octanol–water partition coefficient (Wildman–Crippen LogP) is -2.03. The lowest BCUT2D eigenvalue weighted by molar-refractivity contribution is -0.127. The third-order valence-corrected chi connectivity index (χ3v) is 1.02. The van der Waals surface area contributed by atoms with Gasteiger partial charge in [0.2, 0.25) is 12.3 Å². The van der Waals surface area contributed by atoms with Gasteiger partial charge in [-0.25, -0.2) is 0 Å². The van der Waals surface area contributed by atoms with Crippen molar-refractivity contribution in [3.8, 4) is 0 Å². The van der Waals surface area contributed by atoms with E-state index in [-0.39, 0.29) is 6.41 Å². The first-order valence-corrected chi connectivity index (χ1v) is 2.77. The average Bonchev–Trinajstić information content (AvgIpc) is 1.87. The minimum Gasteiger partial charge on any atom is -0.391 e. The number of carbonyl (C=O) groups excluding carboxylic acids is 2. The molecule has 58 valence electrons. The second-order valence-electron chi connectivity index (χ2n) is 1.89. The number of nitrogens with two attached hydrogens (primary N) is 1. The molecule has 5 nitrogen and oxygen atoms in total. The van der Waals surface area contributed by atoms with Crippen molar-refractivity contribution in [1.29, 1.82) is 0 Å². The standard InChI is InChI=1S/C5H10N2O3/c1-3(9)4(6)5(10)7-2-8/h2-4,9H,6H2,1H3,(H,7,8,10)/t3-,4+/m1/s1. The molecule has 0 rings (SSSR count). The van der Waals surface area contributed by atoms with Crippen LogP contribution >= 0.6 is 0 Å². The van der Waals surface area contributed by atoms with Crippen molar-refractivity contribution in [1.82, 2.24) is 5.32 Å². The first kappa shape index (κ1) is 9.06. The van der Waals surface area contributed by atoms with Crippen molar-refractivity contribution in [2.24, 2.45) is 5.73 Å². The fraction of sp³-hybridized carbons (Fsp3) is 0.600. The van der Waals surface area contributed by atoms with Crippen LogP contribution in [0.2, 0.25) is 0 Å². The van der Waals surface area contributed by atoms with Gasteiger partial charge in [-0.1, -0.05) is 0 Å². The summed E-state index contributed by atoms with van der Waals surface area (Å²) in [7, 11) is 0. The number of hydrogen-bond acceptors (Lipinski definition) is 4. The van der Waals surface area contributed by atoms with Gasteiger partial charge in [-0.3, -0.25) is 14.9 Å². The molecule has 0 unspecified atom stereocenters. The monoisotopic (exact) mass is 146 g/mol. The van der Waals surface area contributed by atoms with Gasteiger partial charge in [-0.05, 0) is 6.92 Å². The lowest BCUT2D eigenvalue weighted by Gasteiger charge is -2.10. The van der Waals surface area contributed by atoms with Gasteiger partial charge in [0.25, 0.3) is 0 Å². The Labute approximate surface area is 58.2 Å². The summed E-state index contributed by atoms with van der Waals surface area (Å²) in [5.41, 5.74) is 5.13. The summed E-state index contributed by atoms with van der Waals surface area (Å²) in [4.78, 5) is 20.2. The molecule has 5 heteroatoms. The molecule has 0 aliphatic carbocycles. The molecule has 0 bridgehead atoms. The highest BCUT2D eigenvalue weighted by Crippen LogP contribution is 1.86. The lowest BCUT2D eigenvalue weighted by Crippen LogP contribution is -2.46. The molecule has 0 spiro atoms. The van der Waals surface area contributed by atoms with E-state index < -0.39 is 18.1 Å². The van der Waals surface area contributed by atoms with E-state index in [2.05, 4.69) is 0 Å². The van der Waals surface area contributed by atoms with Crippen LogP contribution in [0.25, 0.3) is 0 Å². The number of nitrogens with one attached hydrogen (secondary N) is 1. The van der Waals surface area contributed by atoms with Gasteiger partial charge in [0, 0.05) is 0 Å². The summed E-state index contributed by atoms with van der Waals surface area (Å²) in [5.74, 6) is -0.676. The van der Waals surface area contributed by atoms with Crippen LogP contribution in [0.5, 0.6) is 0 Å². The van der Waals surface area contributed by atoms with Gasteiger partial charge in [0.1, 0.15) is 6.04 Å². The molecule has 0 aromatic heterocycles. The van der Waals surface area contributed by atoms with Gasteiger partial charge in [-0.15, -0.1) is 0 Å². The highest BCUT2D eigenvalue weighted by Gasteiger charge is 2.17. The molecule has 0 saturated carbocycles. The molecular formula is C5H10N2O3. The first-order valence-electron chi connectivity index (χ1n) is 2.77. The highest BCUT2D eigenvalue weighted by molar-refractivity contribution is 5.90. The Morgan fingerprint density at radius 1 is 1.80 bits per heavy atom. The molecule has 0 saturated heterocycles. The van der Waals surface area contributed by atoms with E-state index in [1.54, 1.807) is 0 Å². The largest absolute Gasteiger partial charge is 0.391 e. The molecular weight excluding hydrogens is 136 g/mol. The van der Waals surface area contributed by atoms with Crippen molar-refractivity contribution in [3.05, 3.63) is 0 Å². The predicted molar refractivity (Wildman–Crippen MR) is 33.9 cm³/mol. The van der Waals surface area contributed by atoms with E-state index in [0.29, 0.717) is 0 Å². The zero-order valence-electron chi connectivity index (χ0n) is 5.57. The molecule has 0 aliphatic rings. The van der Waals surface area contributed by atoms with Gasteiger partial charge in [0.15, 0.2) is 0 Å². The van der Waals surface area contributed by atoms with Crippen molar-refractivity contribution in [2.75, 3.05) is 0 Å². The highest BCUT2D eigenvalue weighted by atomic mass is 16.3. The van der Waals surface area contributed by atoms with E-state index in [0.717, 1.165) is 0 Å². The number of aliphatic hydroxyl groups is 1. The average molecular weight is 146 g/mol. The number of rotatable bonds is 3. The molecule has 0 aromatic rings. The summed E-state index contributed by atoms with van der Waals surface area (Å²) in [6.07, 6.45) is -0.718. The summed E-state index contributed by atoms with van der Waals surface area (Å²) in [6, 6.07) is -1.04. The van der Waals surface area contributed by atoms with Gasteiger partial charge in [0.05, 0.1) is 6.10 Å². The number of aliphatic hydroxyl groups excluding tert-OH is 1. The molecule has 4 N–H and O–H groups in total. The third kappa shape index (κ3) is 2.56. The molecule has 2 atom stereocenters. The minimum atomic E-state index is -1.04. The molecule has 0 aliphatic heterocycles. The Morgan fingerprint density at radius 3 is 2.60 bits per heavy atom. The van der Waals surface area contributed by atoms with Crippen molar-refractivity contribution < 1.29 is 14.7 Å². The summed E-state index contributed by atoms with van der Waals surface area (Å²) >= 11 is 0. The van der Waals surface area contributed by atoms with Crippen LogP contribution in [0.15, 0.2) is 0 Å². The van der Waals surface area contributed by atoms with Crippen molar-refractivity contribution in [2.45, 2.75) is 19.1 Å². The summed E-state index contributed by atoms with van der Waals surface area (Å²) in [6.45, 7) is 1.37. The van der Waals surface area contributed by atoms with Crippen LogP contribution < -0.4 is 11.1 Å². The van der Waals surface area contributed by atoms with Crippen molar-refractivity contribution >= 4 is 12.3 Å². The number of hydrogen-bond donors (Lipinski definition) is 3. The third-order valence-electron chi connectivity index (χ3n) is 1.02. The lowest BCUT2D eigenvalue weighted by atomic mass is 10.2. The van der Waals surface area contributed by atoms with Gasteiger partial charge in [-0.2, -0.15) is 0 Å². The molecule has 0 fully saturated rings. The van der Waals surface area contributed by atoms with Crippen LogP contribution in [-0.2, 0) is 9.59 Å². The molecule has 0 heterocycles. The van der Waals surface area contributed by atoms with E-state index in [9.17, 15) is 9.59 Å². The molecule has 2 amide bonds. The Morgan fingerprint density at radius 2 is 2.30 bits per heavy atom. The zero-order valence-corrected chi connectivity index (χ0v) is 5.57. The maximum atomic E-state index is 10.6. The first-order chi connectivity index (χ1) is 4.59.